The van der Waals surface area contributed by atoms with Crippen molar-refractivity contribution in [1.82, 2.24) is 5.32 Å². The van der Waals surface area contributed by atoms with E-state index in [1.165, 1.54) is 5.56 Å². The predicted octanol–water partition coefficient (Wildman–Crippen LogP) is 4.89. The fraction of sp³-hybridized carbons (Fsp3) is 0.286. The van der Waals surface area contributed by atoms with E-state index in [0.717, 1.165) is 37.2 Å². The average molecular weight is 358 g/mol. The molecule has 0 atom stereocenters. The van der Waals surface area contributed by atoms with Crippen LogP contribution in [0.1, 0.15) is 30.9 Å². The van der Waals surface area contributed by atoms with Crippen molar-refractivity contribution >= 4 is 23.6 Å². The topological polar surface area (TPSA) is 38.3 Å². The lowest BCUT2D eigenvalue weighted by Gasteiger charge is -2.10. The summed E-state index contributed by atoms with van der Waals surface area (Å²) in [6.07, 6.45) is 6.06. The first-order valence-corrected chi connectivity index (χ1v) is 8.99. The lowest BCUT2D eigenvalue weighted by molar-refractivity contribution is -0.116. The maximum atomic E-state index is 11.9. The Morgan fingerprint density at radius 2 is 1.92 bits per heavy atom. The molecule has 0 saturated carbocycles. The van der Waals surface area contributed by atoms with Crippen LogP contribution in [0.15, 0.2) is 54.6 Å². The van der Waals surface area contributed by atoms with Gasteiger partial charge in [0.05, 0.1) is 6.61 Å². The van der Waals surface area contributed by atoms with Crippen LogP contribution in [-0.4, -0.2) is 19.1 Å². The minimum atomic E-state index is -0.0922. The molecule has 0 radical (unpaired) electrons. The van der Waals surface area contributed by atoms with E-state index in [-0.39, 0.29) is 5.91 Å². The first-order chi connectivity index (χ1) is 12.2. The summed E-state index contributed by atoms with van der Waals surface area (Å²) in [6.45, 7) is 3.45. The summed E-state index contributed by atoms with van der Waals surface area (Å²) in [7, 11) is 0. The number of hydrogen-bond donors (Lipinski definition) is 1. The molecule has 2 aromatic carbocycles. The molecule has 1 amide bonds. The van der Waals surface area contributed by atoms with Crippen LogP contribution in [0.2, 0.25) is 5.02 Å². The van der Waals surface area contributed by atoms with Gasteiger partial charge in [-0.3, -0.25) is 4.79 Å². The summed E-state index contributed by atoms with van der Waals surface area (Å²) in [5, 5.41) is 3.59. The Kier molecular flexibility index (Phi) is 8.06. The first kappa shape index (κ1) is 19.1. The third kappa shape index (κ3) is 7.02. The highest BCUT2D eigenvalue weighted by molar-refractivity contribution is 6.30. The van der Waals surface area contributed by atoms with Crippen molar-refractivity contribution in [2.45, 2.75) is 26.2 Å². The zero-order chi connectivity index (χ0) is 17.9. The van der Waals surface area contributed by atoms with E-state index < -0.39 is 0 Å². The van der Waals surface area contributed by atoms with Crippen molar-refractivity contribution in [1.29, 1.82) is 0 Å². The second kappa shape index (κ2) is 10.6. The van der Waals surface area contributed by atoms with E-state index in [1.54, 1.807) is 24.3 Å². The Labute approximate surface area is 154 Å². The molecule has 0 aromatic heterocycles. The number of nitrogens with one attached hydrogen (secondary N) is 1. The normalized spacial score (nSPS) is 10.8. The van der Waals surface area contributed by atoms with Gasteiger partial charge in [-0.15, -0.1) is 0 Å². The predicted molar refractivity (Wildman–Crippen MR) is 104 cm³/mol. The Bertz CT molecular complexity index is 695. The van der Waals surface area contributed by atoms with Crippen molar-refractivity contribution in [2.75, 3.05) is 13.2 Å². The third-order valence-corrected chi connectivity index (χ3v) is 3.91. The molecular formula is C21H24ClNO2. The number of hydrogen-bond acceptors (Lipinski definition) is 2. The van der Waals surface area contributed by atoms with Crippen molar-refractivity contribution in [2.24, 2.45) is 0 Å². The van der Waals surface area contributed by atoms with Gasteiger partial charge in [0.2, 0.25) is 5.91 Å². The summed E-state index contributed by atoms with van der Waals surface area (Å²) in [5.74, 6) is 0.851. The highest BCUT2D eigenvalue weighted by atomic mass is 35.5. The zero-order valence-corrected chi connectivity index (χ0v) is 15.3. The van der Waals surface area contributed by atoms with Crippen LogP contribution in [0.4, 0.5) is 0 Å². The van der Waals surface area contributed by atoms with Gasteiger partial charge in [0, 0.05) is 17.6 Å². The maximum absolute atomic E-state index is 11.9. The number of halogens is 1. The average Bonchev–Trinajstić information content (AvgIpc) is 2.64. The fourth-order valence-electron chi connectivity index (χ4n) is 2.36. The van der Waals surface area contributed by atoms with Crippen LogP contribution >= 0.6 is 11.6 Å². The molecule has 0 aliphatic carbocycles. The van der Waals surface area contributed by atoms with E-state index in [0.29, 0.717) is 11.6 Å². The highest BCUT2D eigenvalue weighted by Crippen LogP contribution is 2.19. The van der Waals surface area contributed by atoms with Gasteiger partial charge in [-0.1, -0.05) is 48.9 Å². The Balaban J connectivity index is 1.73. The molecule has 132 valence electrons. The van der Waals surface area contributed by atoms with Gasteiger partial charge >= 0.3 is 0 Å². The third-order valence-electron chi connectivity index (χ3n) is 3.65. The zero-order valence-electron chi connectivity index (χ0n) is 14.5. The minimum Gasteiger partial charge on any atom is -0.493 e. The van der Waals surface area contributed by atoms with Gasteiger partial charge < -0.3 is 10.1 Å². The number of carbonyl (C=O) groups excluding carboxylic acids is 1. The summed E-state index contributed by atoms with van der Waals surface area (Å²) in [5.41, 5.74) is 2.13. The first-order valence-electron chi connectivity index (χ1n) is 8.61. The molecule has 2 aromatic rings. The van der Waals surface area contributed by atoms with Gasteiger partial charge in [-0.25, -0.2) is 0 Å². The van der Waals surface area contributed by atoms with Crippen molar-refractivity contribution in [3.05, 3.63) is 70.8 Å². The number of carbonyl (C=O) groups is 1. The number of rotatable bonds is 9. The lowest BCUT2D eigenvalue weighted by Crippen LogP contribution is -2.22. The van der Waals surface area contributed by atoms with Crippen LogP contribution in [-0.2, 0) is 11.2 Å². The number of aryl methyl sites for hydroxylation is 1. The summed E-state index contributed by atoms with van der Waals surface area (Å²) < 4.78 is 5.75. The van der Waals surface area contributed by atoms with Gasteiger partial charge in [0.1, 0.15) is 5.75 Å². The molecule has 1 N–H and O–H groups in total. The molecule has 2 rings (SSSR count). The second-order valence-electron chi connectivity index (χ2n) is 5.74. The SMILES string of the molecule is CCCOc1ccccc1CCCNC(=O)/C=C/c1ccc(Cl)cc1. The molecule has 25 heavy (non-hydrogen) atoms. The monoisotopic (exact) mass is 357 g/mol. The molecule has 0 saturated heterocycles. The van der Waals surface area contributed by atoms with E-state index in [1.807, 2.05) is 30.3 Å². The second-order valence-corrected chi connectivity index (χ2v) is 6.17. The molecule has 3 nitrogen and oxygen atoms in total. The molecule has 4 heteroatoms. The number of benzene rings is 2. The quantitative estimate of drug-likeness (QED) is 0.512. The van der Waals surface area contributed by atoms with Crippen molar-refractivity contribution < 1.29 is 9.53 Å². The van der Waals surface area contributed by atoms with E-state index in [2.05, 4.69) is 18.3 Å². The molecule has 0 aliphatic heterocycles. The molecule has 0 aliphatic rings. The van der Waals surface area contributed by atoms with Crippen molar-refractivity contribution in [3.8, 4) is 5.75 Å². The van der Waals surface area contributed by atoms with Gasteiger partial charge in [0.25, 0.3) is 0 Å². The van der Waals surface area contributed by atoms with Gasteiger partial charge in [-0.2, -0.15) is 0 Å². The molecule has 0 heterocycles. The Morgan fingerprint density at radius 3 is 2.68 bits per heavy atom. The standard InChI is InChI=1S/C21H24ClNO2/c1-2-16-25-20-8-4-3-6-18(20)7-5-15-23-21(24)14-11-17-9-12-19(22)13-10-17/h3-4,6,8-14H,2,5,7,15-16H2,1H3,(H,23,24)/b14-11+. The Morgan fingerprint density at radius 1 is 1.16 bits per heavy atom. The number of para-hydroxylation sites is 1. The molecular weight excluding hydrogens is 334 g/mol. The van der Waals surface area contributed by atoms with Crippen LogP contribution in [0.5, 0.6) is 5.75 Å². The summed E-state index contributed by atoms with van der Waals surface area (Å²) in [6, 6.07) is 15.4. The summed E-state index contributed by atoms with van der Waals surface area (Å²) in [4.78, 5) is 11.9. The maximum Gasteiger partial charge on any atom is 0.243 e. The fourth-order valence-corrected chi connectivity index (χ4v) is 2.48. The minimum absolute atomic E-state index is 0.0922. The van der Waals surface area contributed by atoms with Crippen LogP contribution in [0.25, 0.3) is 6.08 Å². The largest absolute Gasteiger partial charge is 0.493 e. The van der Waals surface area contributed by atoms with Gasteiger partial charge in [-0.05, 0) is 54.7 Å². The van der Waals surface area contributed by atoms with Crippen molar-refractivity contribution in [3.63, 3.8) is 0 Å². The molecule has 0 bridgehead atoms. The molecule has 0 fully saturated rings. The smallest absolute Gasteiger partial charge is 0.243 e. The van der Waals surface area contributed by atoms with E-state index in [9.17, 15) is 4.79 Å². The summed E-state index contributed by atoms with van der Waals surface area (Å²) >= 11 is 5.84. The number of ether oxygens (including phenoxy) is 1. The molecule has 0 unspecified atom stereocenters. The van der Waals surface area contributed by atoms with Crippen LogP contribution in [0, 0.1) is 0 Å². The molecule has 0 spiro atoms. The van der Waals surface area contributed by atoms with Crippen LogP contribution < -0.4 is 10.1 Å². The van der Waals surface area contributed by atoms with Gasteiger partial charge in [0.15, 0.2) is 0 Å². The lowest BCUT2D eigenvalue weighted by atomic mass is 10.1. The number of amides is 1. The Hall–Kier alpha value is -2.26. The highest BCUT2D eigenvalue weighted by Gasteiger charge is 2.03. The van der Waals surface area contributed by atoms with E-state index >= 15 is 0 Å². The van der Waals surface area contributed by atoms with Crippen LogP contribution in [0.3, 0.4) is 0 Å². The van der Waals surface area contributed by atoms with E-state index in [4.69, 9.17) is 16.3 Å².